The van der Waals surface area contributed by atoms with Crippen LogP contribution in [-0.4, -0.2) is 36.6 Å². The first-order chi connectivity index (χ1) is 10.8. The number of nitrogens with one attached hydrogen (secondary N) is 1. The Morgan fingerprint density at radius 1 is 1.30 bits per heavy atom. The second-order valence-electron chi connectivity index (χ2n) is 6.46. The maximum Gasteiger partial charge on any atom is 0.407 e. The van der Waals surface area contributed by atoms with Crippen molar-refractivity contribution in [3.63, 3.8) is 0 Å². The number of carbonyl (C=O) groups excluding carboxylic acids is 2. The molecule has 0 radical (unpaired) electrons. The minimum Gasteiger partial charge on any atom is -0.468 e. The summed E-state index contributed by atoms with van der Waals surface area (Å²) in [5.41, 5.74) is 1.81. The Balaban J connectivity index is 2.08. The number of benzene rings is 1. The van der Waals surface area contributed by atoms with Crippen LogP contribution < -0.4 is 5.32 Å². The number of hydrogen-bond acceptors (Lipinski definition) is 5. The van der Waals surface area contributed by atoms with Gasteiger partial charge >= 0.3 is 12.1 Å². The van der Waals surface area contributed by atoms with Gasteiger partial charge in [0.15, 0.2) is 0 Å². The predicted molar refractivity (Wildman–Crippen MR) is 90.5 cm³/mol. The summed E-state index contributed by atoms with van der Waals surface area (Å²) in [5.74, 6) is -0.0162. The number of ether oxygens (including phenoxy) is 2. The van der Waals surface area contributed by atoms with E-state index in [0.29, 0.717) is 0 Å². The topological polar surface area (TPSA) is 64.6 Å². The summed E-state index contributed by atoms with van der Waals surface area (Å²) < 4.78 is 10.1. The molecule has 0 heterocycles. The van der Waals surface area contributed by atoms with Crippen molar-refractivity contribution >= 4 is 23.8 Å². The minimum absolute atomic E-state index is 0.0119. The first kappa shape index (κ1) is 17.7. The molecule has 2 atom stereocenters. The maximum absolute atomic E-state index is 12.1. The van der Waals surface area contributed by atoms with Gasteiger partial charge in [-0.1, -0.05) is 24.3 Å². The van der Waals surface area contributed by atoms with Gasteiger partial charge < -0.3 is 14.8 Å². The average Bonchev–Trinajstić information content (AvgIpc) is 2.79. The molecule has 0 saturated carbocycles. The van der Waals surface area contributed by atoms with Crippen molar-refractivity contribution in [3.8, 4) is 0 Å². The lowest BCUT2D eigenvalue weighted by atomic mass is 10.1. The highest BCUT2D eigenvalue weighted by atomic mass is 32.2. The van der Waals surface area contributed by atoms with Gasteiger partial charge in [-0.05, 0) is 38.3 Å². The number of esters is 1. The Kier molecular flexibility index (Phi) is 5.57. The van der Waals surface area contributed by atoms with E-state index in [1.165, 1.54) is 24.4 Å². The molecule has 5 nitrogen and oxygen atoms in total. The van der Waals surface area contributed by atoms with Crippen LogP contribution in [0, 0.1) is 0 Å². The SMILES string of the molecule is COC(=O)CS[C@@H]1c2ccccc2C[C@H]1NC(=O)OC(C)(C)C. The van der Waals surface area contributed by atoms with Crippen LogP contribution in [0.1, 0.15) is 37.1 Å². The van der Waals surface area contributed by atoms with Gasteiger partial charge in [0.1, 0.15) is 5.60 Å². The maximum atomic E-state index is 12.1. The Bertz CT molecular complexity index is 582. The number of alkyl carbamates (subject to hydrolysis) is 1. The zero-order valence-corrected chi connectivity index (χ0v) is 14.7. The number of carbonyl (C=O) groups is 2. The summed E-state index contributed by atoms with van der Waals surface area (Å²) in [5, 5.41) is 2.95. The molecule has 1 N–H and O–H groups in total. The third kappa shape index (κ3) is 4.89. The fourth-order valence-corrected chi connectivity index (χ4v) is 3.81. The van der Waals surface area contributed by atoms with Crippen molar-refractivity contribution in [2.75, 3.05) is 12.9 Å². The van der Waals surface area contributed by atoms with Crippen LogP contribution in [0.2, 0.25) is 0 Å². The summed E-state index contributed by atoms with van der Waals surface area (Å²) >= 11 is 1.48. The van der Waals surface area contributed by atoms with Gasteiger partial charge in [-0.3, -0.25) is 4.79 Å². The number of rotatable bonds is 4. The molecule has 1 amide bonds. The van der Waals surface area contributed by atoms with E-state index in [4.69, 9.17) is 9.47 Å². The molecule has 6 heteroatoms. The fraction of sp³-hybridized carbons (Fsp3) is 0.529. The second-order valence-corrected chi connectivity index (χ2v) is 7.59. The van der Waals surface area contributed by atoms with Crippen LogP contribution in [0.4, 0.5) is 4.79 Å². The summed E-state index contributed by atoms with van der Waals surface area (Å²) in [6, 6.07) is 7.95. The van der Waals surface area contributed by atoms with Crippen molar-refractivity contribution in [2.24, 2.45) is 0 Å². The van der Waals surface area contributed by atoms with Gasteiger partial charge in [0, 0.05) is 0 Å². The highest BCUT2D eigenvalue weighted by Crippen LogP contribution is 2.41. The van der Waals surface area contributed by atoms with Crippen LogP contribution in [0.5, 0.6) is 0 Å². The Morgan fingerprint density at radius 3 is 2.65 bits per heavy atom. The van der Waals surface area contributed by atoms with E-state index in [9.17, 15) is 9.59 Å². The van der Waals surface area contributed by atoms with E-state index in [2.05, 4.69) is 11.4 Å². The molecular weight excluding hydrogens is 314 g/mol. The van der Waals surface area contributed by atoms with Gasteiger partial charge in [0.2, 0.25) is 0 Å². The van der Waals surface area contributed by atoms with Crippen molar-refractivity contribution in [1.29, 1.82) is 0 Å². The van der Waals surface area contributed by atoms with Crippen LogP contribution in [0.25, 0.3) is 0 Å². The average molecular weight is 337 g/mol. The number of hydrogen-bond donors (Lipinski definition) is 1. The molecule has 126 valence electrons. The van der Waals surface area contributed by atoms with Crippen molar-refractivity contribution in [1.82, 2.24) is 5.32 Å². The van der Waals surface area contributed by atoms with E-state index in [1.54, 1.807) is 0 Å². The molecule has 1 aliphatic carbocycles. The molecule has 1 aliphatic rings. The van der Waals surface area contributed by atoms with E-state index < -0.39 is 11.7 Å². The predicted octanol–water partition coefficient (Wildman–Crippen LogP) is 3.08. The standard InChI is InChI=1S/C17H23NO4S/c1-17(2,3)22-16(20)18-13-9-11-7-5-6-8-12(11)15(13)23-10-14(19)21-4/h5-8,13,15H,9-10H2,1-4H3,(H,18,20)/t13-,15-/m1/s1. The van der Waals surface area contributed by atoms with Crippen LogP contribution in [0.3, 0.4) is 0 Å². The largest absolute Gasteiger partial charge is 0.468 e. The molecule has 1 aromatic rings. The lowest BCUT2D eigenvalue weighted by Gasteiger charge is -2.24. The molecule has 2 rings (SSSR count). The molecule has 0 fully saturated rings. The third-order valence-electron chi connectivity index (χ3n) is 3.48. The Morgan fingerprint density at radius 2 is 2.00 bits per heavy atom. The highest BCUT2D eigenvalue weighted by molar-refractivity contribution is 8.00. The zero-order chi connectivity index (χ0) is 17.0. The Hall–Kier alpha value is -1.69. The van der Waals surface area contributed by atoms with Gasteiger partial charge in [0.05, 0.1) is 24.2 Å². The lowest BCUT2D eigenvalue weighted by Crippen LogP contribution is -2.40. The zero-order valence-electron chi connectivity index (χ0n) is 13.9. The van der Waals surface area contributed by atoms with Gasteiger partial charge in [0.25, 0.3) is 0 Å². The van der Waals surface area contributed by atoms with Crippen molar-refractivity contribution in [3.05, 3.63) is 35.4 Å². The molecule has 1 aromatic carbocycles. The van der Waals surface area contributed by atoms with E-state index in [1.807, 2.05) is 39.0 Å². The third-order valence-corrected chi connectivity index (χ3v) is 4.82. The molecule has 23 heavy (non-hydrogen) atoms. The number of amides is 1. The first-order valence-electron chi connectivity index (χ1n) is 7.56. The van der Waals surface area contributed by atoms with E-state index in [-0.39, 0.29) is 23.0 Å². The first-order valence-corrected chi connectivity index (χ1v) is 8.61. The normalized spacial score (nSPS) is 19.8. The minimum atomic E-state index is -0.538. The molecular formula is C17H23NO4S. The fourth-order valence-electron chi connectivity index (χ4n) is 2.57. The van der Waals surface area contributed by atoms with Gasteiger partial charge in [-0.15, -0.1) is 11.8 Å². The molecule has 0 bridgehead atoms. The van der Waals surface area contributed by atoms with Crippen LogP contribution >= 0.6 is 11.8 Å². The molecule has 0 saturated heterocycles. The van der Waals surface area contributed by atoms with Crippen LogP contribution in [0.15, 0.2) is 24.3 Å². The summed E-state index contributed by atoms with van der Waals surface area (Å²) in [6.07, 6.45) is 0.299. The molecule has 0 unspecified atom stereocenters. The second kappa shape index (κ2) is 7.25. The van der Waals surface area contributed by atoms with E-state index in [0.717, 1.165) is 12.0 Å². The highest BCUT2D eigenvalue weighted by Gasteiger charge is 2.35. The smallest absolute Gasteiger partial charge is 0.407 e. The molecule has 0 aromatic heterocycles. The number of fused-ring (bicyclic) bond motifs is 1. The summed E-state index contributed by atoms with van der Waals surface area (Å²) in [4.78, 5) is 23.5. The monoisotopic (exact) mass is 337 g/mol. The van der Waals surface area contributed by atoms with Gasteiger partial charge in [-0.25, -0.2) is 4.79 Å². The number of thioether (sulfide) groups is 1. The summed E-state index contributed by atoms with van der Waals surface area (Å²) in [6.45, 7) is 5.50. The quantitative estimate of drug-likeness (QED) is 0.856. The van der Waals surface area contributed by atoms with E-state index >= 15 is 0 Å². The molecule has 0 spiro atoms. The van der Waals surface area contributed by atoms with Crippen molar-refractivity contribution < 1.29 is 19.1 Å². The summed E-state index contributed by atoms with van der Waals surface area (Å²) in [7, 11) is 1.38. The lowest BCUT2D eigenvalue weighted by molar-refractivity contribution is -0.137. The number of methoxy groups -OCH3 is 1. The van der Waals surface area contributed by atoms with Crippen LogP contribution in [-0.2, 0) is 20.7 Å². The Labute approximate surface area is 141 Å². The molecule has 0 aliphatic heterocycles. The van der Waals surface area contributed by atoms with Gasteiger partial charge in [-0.2, -0.15) is 0 Å². The van der Waals surface area contributed by atoms with Crippen molar-refractivity contribution in [2.45, 2.75) is 44.1 Å².